The Kier molecular flexibility index (Phi) is 2.97. The number of oxime groups is 1. The summed E-state index contributed by atoms with van der Waals surface area (Å²) in [6, 6.07) is 10.8. The van der Waals surface area contributed by atoms with E-state index in [9.17, 15) is 9.59 Å². The largest absolute Gasteiger partial charge is 0.381 e. The van der Waals surface area contributed by atoms with E-state index in [0.29, 0.717) is 17.0 Å². The molecule has 0 bridgehead atoms. The highest BCUT2D eigenvalue weighted by Gasteiger charge is 2.56. The first kappa shape index (κ1) is 13.6. The van der Waals surface area contributed by atoms with E-state index < -0.39 is 12.0 Å². The van der Waals surface area contributed by atoms with Crippen LogP contribution in [0, 0.1) is 12.8 Å². The molecule has 1 aromatic heterocycles. The summed E-state index contributed by atoms with van der Waals surface area (Å²) in [4.78, 5) is 35.8. The lowest BCUT2D eigenvalue weighted by Gasteiger charge is -2.15. The number of rotatable bonds is 2. The number of aryl methyl sites for hydroxylation is 1. The summed E-state index contributed by atoms with van der Waals surface area (Å²) >= 11 is 0. The minimum Gasteiger partial charge on any atom is -0.381 e. The monoisotopic (exact) mass is 307 g/mol. The van der Waals surface area contributed by atoms with Gasteiger partial charge >= 0.3 is 0 Å². The van der Waals surface area contributed by atoms with E-state index in [2.05, 4.69) is 10.1 Å². The number of hydrogen-bond acceptors (Lipinski definition) is 5. The standard InChI is InChI=1S/C17H13N3O3/c1-10-4-6-12(7-5-10)20-16(21)13-14(11-3-2-8-18-9-11)19-23-15(13)17(20)22/h2-9,13,15H,1H3/t13-,15+/m1/s1. The predicted octanol–water partition coefficient (Wildman–Crippen LogP) is 1.68. The van der Waals surface area contributed by atoms with Crippen molar-refractivity contribution in [3.8, 4) is 0 Å². The summed E-state index contributed by atoms with van der Waals surface area (Å²) in [5.74, 6) is -1.41. The minimum absolute atomic E-state index is 0.316. The second-order valence-corrected chi connectivity index (χ2v) is 5.57. The molecule has 114 valence electrons. The van der Waals surface area contributed by atoms with Crippen LogP contribution in [0.1, 0.15) is 11.1 Å². The van der Waals surface area contributed by atoms with Crippen LogP contribution < -0.4 is 4.90 Å². The SMILES string of the molecule is Cc1ccc(N2C(=O)[C@@H]3C(c4cccnc4)=NO[C@@H]3C2=O)cc1. The van der Waals surface area contributed by atoms with Crippen molar-refractivity contribution in [3.05, 3.63) is 59.9 Å². The average molecular weight is 307 g/mol. The van der Waals surface area contributed by atoms with Gasteiger partial charge < -0.3 is 4.84 Å². The Hall–Kier alpha value is -3.02. The van der Waals surface area contributed by atoms with Gasteiger partial charge in [0.15, 0.2) is 0 Å². The zero-order valence-corrected chi connectivity index (χ0v) is 12.3. The highest BCUT2D eigenvalue weighted by atomic mass is 16.6. The van der Waals surface area contributed by atoms with Crippen molar-refractivity contribution in [1.82, 2.24) is 4.98 Å². The predicted molar refractivity (Wildman–Crippen MR) is 82.8 cm³/mol. The lowest BCUT2D eigenvalue weighted by atomic mass is 9.95. The molecule has 0 radical (unpaired) electrons. The number of pyridine rings is 1. The smallest absolute Gasteiger partial charge is 0.278 e. The lowest BCUT2D eigenvalue weighted by Crippen LogP contribution is -2.33. The second-order valence-electron chi connectivity index (χ2n) is 5.57. The Morgan fingerprint density at radius 2 is 1.87 bits per heavy atom. The molecule has 1 aromatic carbocycles. The maximum Gasteiger partial charge on any atom is 0.278 e. The Morgan fingerprint density at radius 3 is 2.57 bits per heavy atom. The van der Waals surface area contributed by atoms with Crippen molar-refractivity contribution >= 4 is 23.2 Å². The molecule has 2 aliphatic rings. The zero-order chi connectivity index (χ0) is 16.0. The van der Waals surface area contributed by atoms with Crippen LogP contribution in [0.3, 0.4) is 0 Å². The molecule has 0 saturated carbocycles. The first-order valence-electron chi connectivity index (χ1n) is 7.25. The van der Waals surface area contributed by atoms with Crippen molar-refractivity contribution in [2.24, 2.45) is 11.1 Å². The highest BCUT2D eigenvalue weighted by Crippen LogP contribution is 2.34. The number of benzene rings is 1. The van der Waals surface area contributed by atoms with E-state index in [4.69, 9.17) is 4.84 Å². The number of carbonyl (C=O) groups is 2. The Bertz CT molecular complexity index is 815. The first-order valence-corrected chi connectivity index (χ1v) is 7.25. The summed E-state index contributed by atoms with van der Waals surface area (Å²) in [7, 11) is 0. The number of anilines is 1. The minimum atomic E-state index is -0.890. The molecule has 6 heteroatoms. The maximum absolute atomic E-state index is 12.8. The third-order valence-electron chi connectivity index (χ3n) is 4.06. The molecule has 1 fully saturated rings. The maximum atomic E-state index is 12.8. The van der Waals surface area contributed by atoms with Crippen LogP contribution in [0.4, 0.5) is 5.69 Å². The molecule has 2 aliphatic heterocycles. The summed E-state index contributed by atoms with van der Waals surface area (Å²) in [6.07, 6.45) is 2.35. The van der Waals surface area contributed by atoms with Gasteiger partial charge in [-0.25, -0.2) is 4.90 Å². The third kappa shape index (κ3) is 2.03. The Balaban J connectivity index is 1.71. The molecule has 0 spiro atoms. The first-order chi connectivity index (χ1) is 11.2. The highest BCUT2D eigenvalue weighted by molar-refractivity contribution is 6.32. The fourth-order valence-corrected chi connectivity index (χ4v) is 2.88. The van der Waals surface area contributed by atoms with Crippen molar-refractivity contribution < 1.29 is 14.4 Å². The fraction of sp³-hybridized carbons (Fsp3) is 0.176. The van der Waals surface area contributed by atoms with Crippen LogP contribution in [0.2, 0.25) is 0 Å². The van der Waals surface area contributed by atoms with Crippen LogP contribution >= 0.6 is 0 Å². The molecule has 4 rings (SSSR count). The fourth-order valence-electron chi connectivity index (χ4n) is 2.88. The van der Waals surface area contributed by atoms with Crippen LogP contribution in [0.25, 0.3) is 0 Å². The van der Waals surface area contributed by atoms with Crippen LogP contribution in [-0.4, -0.2) is 28.6 Å². The molecule has 6 nitrogen and oxygen atoms in total. The average Bonchev–Trinajstić information content (AvgIpc) is 3.11. The molecule has 0 unspecified atom stereocenters. The van der Waals surface area contributed by atoms with E-state index in [1.54, 1.807) is 36.7 Å². The molecule has 0 aliphatic carbocycles. The Labute approximate surface area is 132 Å². The number of nitrogens with zero attached hydrogens (tertiary/aromatic N) is 3. The summed E-state index contributed by atoms with van der Waals surface area (Å²) in [6.45, 7) is 1.95. The van der Waals surface area contributed by atoms with Crippen molar-refractivity contribution in [3.63, 3.8) is 0 Å². The van der Waals surface area contributed by atoms with Crippen LogP contribution in [0.5, 0.6) is 0 Å². The van der Waals surface area contributed by atoms with Gasteiger partial charge in [0.2, 0.25) is 12.0 Å². The van der Waals surface area contributed by atoms with Crippen molar-refractivity contribution in [1.29, 1.82) is 0 Å². The summed E-state index contributed by atoms with van der Waals surface area (Å²) in [5, 5.41) is 3.94. The zero-order valence-electron chi connectivity index (χ0n) is 12.3. The van der Waals surface area contributed by atoms with Crippen molar-refractivity contribution in [2.75, 3.05) is 4.90 Å². The number of amides is 2. The van der Waals surface area contributed by atoms with Gasteiger partial charge in [-0.15, -0.1) is 0 Å². The number of carbonyl (C=O) groups excluding carboxylic acids is 2. The number of fused-ring (bicyclic) bond motifs is 1. The summed E-state index contributed by atoms with van der Waals surface area (Å²) in [5.41, 5.74) is 2.75. The van der Waals surface area contributed by atoms with E-state index in [0.717, 1.165) is 5.56 Å². The van der Waals surface area contributed by atoms with Gasteiger partial charge in [-0.2, -0.15) is 0 Å². The lowest BCUT2D eigenvalue weighted by molar-refractivity contribution is -0.126. The molecule has 2 aromatic rings. The van der Waals surface area contributed by atoms with Gasteiger partial charge in [-0.1, -0.05) is 22.9 Å². The van der Waals surface area contributed by atoms with E-state index >= 15 is 0 Å². The molecular formula is C17H13N3O3. The Morgan fingerprint density at radius 1 is 1.09 bits per heavy atom. The van der Waals surface area contributed by atoms with Crippen molar-refractivity contribution in [2.45, 2.75) is 13.0 Å². The van der Waals surface area contributed by atoms with Gasteiger partial charge in [-0.3, -0.25) is 14.6 Å². The molecule has 2 amide bonds. The van der Waals surface area contributed by atoms with Crippen LogP contribution in [0.15, 0.2) is 53.9 Å². The molecule has 2 atom stereocenters. The molecule has 1 saturated heterocycles. The van der Waals surface area contributed by atoms with Gasteiger partial charge in [0.25, 0.3) is 5.91 Å². The normalized spacial score (nSPS) is 22.8. The van der Waals surface area contributed by atoms with E-state index in [1.807, 2.05) is 19.1 Å². The second kappa shape index (κ2) is 5.01. The van der Waals surface area contributed by atoms with E-state index in [1.165, 1.54) is 4.90 Å². The summed E-state index contributed by atoms with van der Waals surface area (Å²) < 4.78 is 0. The van der Waals surface area contributed by atoms with E-state index in [-0.39, 0.29) is 11.8 Å². The van der Waals surface area contributed by atoms with Gasteiger partial charge in [0.1, 0.15) is 11.6 Å². The van der Waals surface area contributed by atoms with Crippen LogP contribution in [-0.2, 0) is 14.4 Å². The topological polar surface area (TPSA) is 71.9 Å². The molecule has 3 heterocycles. The van der Waals surface area contributed by atoms with Gasteiger partial charge in [0, 0.05) is 18.0 Å². The quantitative estimate of drug-likeness (QED) is 0.791. The third-order valence-corrected chi connectivity index (χ3v) is 4.06. The molecular weight excluding hydrogens is 294 g/mol. The van der Waals surface area contributed by atoms with Gasteiger partial charge in [-0.05, 0) is 31.2 Å². The molecule has 23 heavy (non-hydrogen) atoms. The number of imide groups is 1. The molecule has 0 N–H and O–H groups in total. The number of hydrogen-bond donors (Lipinski definition) is 0. The van der Waals surface area contributed by atoms with Gasteiger partial charge in [0.05, 0.1) is 5.69 Å². The number of aromatic nitrogens is 1.